The molecule has 3 heteroatoms. The van der Waals surface area contributed by atoms with Gasteiger partial charge in [-0.2, -0.15) is 5.26 Å². The van der Waals surface area contributed by atoms with Gasteiger partial charge in [-0.15, -0.1) is 0 Å². The maximum Gasteiger partial charge on any atom is 0.152 e. The monoisotopic (exact) mass is 163 g/mol. The minimum Gasteiger partial charge on any atom is -0.377 e. The van der Waals surface area contributed by atoms with E-state index in [-0.39, 0.29) is 4.83 Å². The summed E-state index contributed by atoms with van der Waals surface area (Å²) in [6, 6.07) is 1.67. The summed E-state index contributed by atoms with van der Waals surface area (Å²) < 4.78 is 0. The van der Waals surface area contributed by atoms with Crippen LogP contribution in [0.15, 0.2) is 0 Å². The number of hydrogen-bond acceptors (Lipinski definition) is 2. The van der Waals surface area contributed by atoms with Crippen molar-refractivity contribution in [3.63, 3.8) is 0 Å². The average Bonchev–Trinajstić information content (AvgIpc) is 1.65. The quantitative estimate of drug-likeness (QED) is 0.456. The Morgan fingerprint density at radius 2 is 2.29 bits per heavy atom. The van der Waals surface area contributed by atoms with Crippen molar-refractivity contribution < 1.29 is 5.11 Å². The lowest BCUT2D eigenvalue weighted by Gasteiger charge is -1.99. The van der Waals surface area contributed by atoms with Crippen molar-refractivity contribution in [2.75, 3.05) is 0 Å². The maximum absolute atomic E-state index is 8.53. The number of alkyl halides is 1. The summed E-state index contributed by atoms with van der Waals surface area (Å²) in [6.45, 7) is 1.72. The largest absolute Gasteiger partial charge is 0.377 e. The minimum atomic E-state index is -0.875. The molecule has 0 aliphatic heterocycles. The molecule has 0 aromatic rings. The highest BCUT2D eigenvalue weighted by atomic mass is 79.9. The van der Waals surface area contributed by atoms with Crippen molar-refractivity contribution in [1.29, 1.82) is 5.26 Å². The van der Waals surface area contributed by atoms with Gasteiger partial charge in [0.1, 0.15) is 0 Å². The Balaban J connectivity index is 3.40. The Hall–Kier alpha value is -0.0700. The van der Waals surface area contributed by atoms with E-state index in [4.69, 9.17) is 10.4 Å². The Morgan fingerprint density at radius 3 is 2.29 bits per heavy atom. The molecule has 0 bridgehead atoms. The van der Waals surface area contributed by atoms with Gasteiger partial charge in [-0.25, -0.2) is 0 Å². The molecule has 0 unspecified atom stereocenters. The fourth-order valence-electron chi connectivity index (χ4n) is 0.103. The predicted octanol–water partition coefficient (Wildman–Crippen LogP) is 0.654. The highest BCUT2D eigenvalue weighted by molar-refractivity contribution is 9.09. The zero-order valence-corrected chi connectivity index (χ0v) is 5.51. The number of aliphatic hydroxyl groups is 1. The summed E-state index contributed by atoms with van der Waals surface area (Å²) in [6.07, 6.45) is -0.875. The van der Waals surface area contributed by atoms with Gasteiger partial charge in [0.05, 0.1) is 10.9 Å². The number of halogens is 1. The van der Waals surface area contributed by atoms with Crippen LogP contribution in [0.3, 0.4) is 0 Å². The second-order valence-corrected chi connectivity index (χ2v) is 2.70. The van der Waals surface area contributed by atoms with Crippen molar-refractivity contribution >= 4 is 15.9 Å². The highest BCUT2D eigenvalue weighted by Gasteiger charge is 2.06. The van der Waals surface area contributed by atoms with Gasteiger partial charge in [0.15, 0.2) is 6.10 Å². The molecule has 0 aromatic heterocycles. The molecule has 0 fully saturated rings. The Kier molecular flexibility index (Phi) is 2.97. The van der Waals surface area contributed by atoms with Crippen LogP contribution >= 0.6 is 15.9 Å². The third-order valence-electron chi connectivity index (χ3n) is 0.567. The van der Waals surface area contributed by atoms with Gasteiger partial charge in [0.2, 0.25) is 0 Å². The van der Waals surface area contributed by atoms with Crippen LogP contribution in [0.25, 0.3) is 0 Å². The molecule has 0 aromatic carbocycles. The van der Waals surface area contributed by atoms with Crippen molar-refractivity contribution in [2.45, 2.75) is 17.9 Å². The van der Waals surface area contributed by atoms with Gasteiger partial charge in [-0.3, -0.25) is 0 Å². The molecular formula is C4H6BrNO. The molecule has 7 heavy (non-hydrogen) atoms. The van der Waals surface area contributed by atoms with Gasteiger partial charge >= 0.3 is 0 Å². The first-order valence-corrected chi connectivity index (χ1v) is 2.82. The van der Waals surface area contributed by atoms with E-state index in [2.05, 4.69) is 15.9 Å². The van der Waals surface area contributed by atoms with Crippen LogP contribution in [-0.2, 0) is 0 Å². The molecule has 0 rings (SSSR count). The van der Waals surface area contributed by atoms with E-state index in [0.29, 0.717) is 0 Å². The second-order valence-electron chi connectivity index (χ2n) is 1.25. The Labute approximate surface area is 50.9 Å². The van der Waals surface area contributed by atoms with E-state index in [0.717, 1.165) is 0 Å². The van der Waals surface area contributed by atoms with Crippen LogP contribution in [0, 0.1) is 11.3 Å². The molecule has 0 saturated carbocycles. The predicted molar refractivity (Wildman–Crippen MR) is 30.0 cm³/mol. The summed E-state index contributed by atoms with van der Waals surface area (Å²) in [7, 11) is 0. The first kappa shape index (κ1) is 6.93. The number of aliphatic hydroxyl groups excluding tert-OH is 1. The van der Waals surface area contributed by atoms with Gasteiger partial charge in [-0.05, 0) is 6.92 Å². The molecule has 2 nitrogen and oxygen atoms in total. The summed E-state index contributed by atoms with van der Waals surface area (Å²) in [5, 5.41) is 16.5. The second kappa shape index (κ2) is 3.00. The number of rotatable bonds is 1. The Morgan fingerprint density at radius 1 is 1.86 bits per heavy atom. The van der Waals surface area contributed by atoms with Crippen LogP contribution in [0.4, 0.5) is 0 Å². The van der Waals surface area contributed by atoms with Crippen LogP contribution in [-0.4, -0.2) is 16.0 Å². The Bertz CT molecular complexity index is 86.2. The summed E-state index contributed by atoms with van der Waals surface area (Å²) >= 11 is 3.03. The number of nitrogens with zero attached hydrogens (tertiary/aromatic N) is 1. The smallest absolute Gasteiger partial charge is 0.152 e. The third kappa shape index (κ3) is 2.60. The van der Waals surface area contributed by atoms with Gasteiger partial charge < -0.3 is 5.11 Å². The van der Waals surface area contributed by atoms with Crippen LogP contribution in [0.5, 0.6) is 0 Å². The van der Waals surface area contributed by atoms with Crippen LogP contribution in [0.1, 0.15) is 6.92 Å². The fraction of sp³-hybridized carbons (Fsp3) is 0.750. The lowest BCUT2D eigenvalue weighted by atomic mass is 10.3. The number of nitriles is 1. The van der Waals surface area contributed by atoms with Gasteiger partial charge in [0.25, 0.3) is 0 Å². The SMILES string of the molecule is C[C@@H](Br)[C@@H](O)C#N. The molecule has 0 aliphatic rings. The maximum atomic E-state index is 8.53. The van der Waals surface area contributed by atoms with E-state index >= 15 is 0 Å². The zero-order chi connectivity index (χ0) is 5.86. The molecular weight excluding hydrogens is 158 g/mol. The van der Waals surface area contributed by atoms with Crippen molar-refractivity contribution in [1.82, 2.24) is 0 Å². The van der Waals surface area contributed by atoms with E-state index < -0.39 is 6.10 Å². The highest BCUT2D eigenvalue weighted by Crippen LogP contribution is 2.01. The molecule has 0 amide bonds. The first-order chi connectivity index (χ1) is 3.18. The van der Waals surface area contributed by atoms with E-state index in [1.807, 2.05) is 0 Å². The number of hydrogen-bond donors (Lipinski definition) is 1. The van der Waals surface area contributed by atoms with Gasteiger partial charge in [0, 0.05) is 0 Å². The minimum absolute atomic E-state index is 0.127. The molecule has 1 N–H and O–H groups in total. The summed E-state index contributed by atoms with van der Waals surface area (Å²) in [5.41, 5.74) is 0. The van der Waals surface area contributed by atoms with Crippen molar-refractivity contribution in [3.05, 3.63) is 0 Å². The van der Waals surface area contributed by atoms with Crippen molar-refractivity contribution in [2.24, 2.45) is 0 Å². The molecule has 0 radical (unpaired) electrons. The average molecular weight is 164 g/mol. The molecule has 2 atom stereocenters. The lowest BCUT2D eigenvalue weighted by molar-refractivity contribution is 0.233. The van der Waals surface area contributed by atoms with Gasteiger partial charge in [-0.1, -0.05) is 15.9 Å². The van der Waals surface area contributed by atoms with E-state index in [9.17, 15) is 0 Å². The third-order valence-corrected chi connectivity index (χ3v) is 1.07. The van der Waals surface area contributed by atoms with E-state index in [1.165, 1.54) is 0 Å². The first-order valence-electron chi connectivity index (χ1n) is 1.90. The van der Waals surface area contributed by atoms with E-state index in [1.54, 1.807) is 13.0 Å². The van der Waals surface area contributed by atoms with Crippen LogP contribution in [0.2, 0.25) is 0 Å². The topological polar surface area (TPSA) is 44.0 Å². The summed E-state index contributed by atoms with van der Waals surface area (Å²) in [5.74, 6) is 0. The zero-order valence-electron chi connectivity index (χ0n) is 3.93. The molecule has 0 saturated heterocycles. The van der Waals surface area contributed by atoms with Crippen LogP contribution < -0.4 is 0 Å². The normalized spacial score (nSPS) is 17.4. The lowest BCUT2D eigenvalue weighted by Crippen LogP contribution is -2.13. The summed E-state index contributed by atoms with van der Waals surface area (Å²) in [4.78, 5) is -0.127. The fourth-order valence-corrected chi connectivity index (χ4v) is 0.221. The van der Waals surface area contributed by atoms with Crippen molar-refractivity contribution in [3.8, 4) is 6.07 Å². The molecule has 0 heterocycles. The molecule has 40 valence electrons. The standard InChI is InChI=1S/C4H6BrNO/c1-3(5)4(7)2-6/h3-4,7H,1H3/t3-,4+/m1/s1. The molecule has 0 spiro atoms. The molecule has 0 aliphatic carbocycles.